The number of nitrogens with one attached hydrogen (secondary N) is 3. The maximum Gasteiger partial charge on any atom is 0.228 e. The first-order chi connectivity index (χ1) is 13.2. The fraction of sp³-hybridized carbons (Fsp3) is 0.316. The van der Waals surface area contributed by atoms with Crippen molar-refractivity contribution < 1.29 is 9.18 Å². The van der Waals surface area contributed by atoms with Crippen LogP contribution in [0.25, 0.3) is 11.0 Å². The number of halogens is 1. The minimum Gasteiger partial charge on any atom is -0.312 e. The summed E-state index contributed by atoms with van der Waals surface area (Å²) in [6.07, 6.45) is 6.55. The van der Waals surface area contributed by atoms with Gasteiger partial charge in [-0.3, -0.25) is 14.9 Å². The highest BCUT2D eigenvalue weighted by atomic mass is 19.1. The third-order valence-corrected chi connectivity index (χ3v) is 4.97. The molecule has 0 radical (unpaired) electrons. The van der Waals surface area contributed by atoms with Gasteiger partial charge in [-0.25, -0.2) is 9.37 Å². The number of hydrogen-bond acceptors (Lipinski definition) is 5. The van der Waals surface area contributed by atoms with E-state index < -0.39 is 11.7 Å². The first-order valence-electron chi connectivity index (χ1n) is 8.94. The number of amides is 1. The third kappa shape index (κ3) is 3.30. The Balaban J connectivity index is 1.66. The van der Waals surface area contributed by atoms with Crippen molar-refractivity contribution in [2.24, 2.45) is 5.92 Å². The smallest absolute Gasteiger partial charge is 0.228 e. The summed E-state index contributed by atoms with van der Waals surface area (Å²) in [7, 11) is 0. The molecule has 3 aromatic rings. The number of rotatable bonds is 5. The van der Waals surface area contributed by atoms with E-state index in [2.05, 4.69) is 25.5 Å². The normalized spacial score (nSPS) is 15.7. The minimum absolute atomic E-state index is 0.0136. The Morgan fingerprint density at radius 1 is 1.37 bits per heavy atom. The summed E-state index contributed by atoms with van der Waals surface area (Å²) in [5, 5.41) is 17.7. The topological polar surface area (TPSA) is 107 Å². The van der Waals surface area contributed by atoms with Crippen LogP contribution in [0.2, 0.25) is 0 Å². The Bertz CT molecular complexity index is 981. The van der Waals surface area contributed by atoms with Crippen LogP contribution in [0.5, 0.6) is 0 Å². The van der Waals surface area contributed by atoms with Crippen molar-refractivity contribution in [2.75, 3.05) is 5.32 Å². The molecule has 1 unspecified atom stereocenters. The molecule has 3 aromatic heterocycles. The lowest BCUT2D eigenvalue weighted by molar-refractivity contribution is -0.119. The zero-order valence-electron chi connectivity index (χ0n) is 14.6. The van der Waals surface area contributed by atoms with Gasteiger partial charge in [-0.1, -0.05) is 18.9 Å². The van der Waals surface area contributed by atoms with Gasteiger partial charge in [0.2, 0.25) is 5.91 Å². The van der Waals surface area contributed by atoms with Gasteiger partial charge in [0, 0.05) is 18.3 Å². The molecule has 1 fully saturated rings. The number of pyridine rings is 2. The van der Waals surface area contributed by atoms with Crippen LogP contribution >= 0.6 is 0 Å². The van der Waals surface area contributed by atoms with Gasteiger partial charge in [0.25, 0.3) is 0 Å². The number of carbonyl (C=O) groups is 1. The van der Waals surface area contributed by atoms with Crippen LogP contribution in [0.3, 0.4) is 0 Å². The fourth-order valence-corrected chi connectivity index (χ4v) is 3.52. The molecular formula is C19H19FN6O. The summed E-state index contributed by atoms with van der Waals surface area (Å²) in [6, 6.07) is 6.56. The molecule has 4 rings (SSSR count). The maximum atomic E-state index is 14.8. The zero-order chi connectivity index (χ0) is 18.8. The molecule has 138 valence electrons. The zero-order valence-corrected chi connectivity index (χ0v) is 14.6. The highest BCUT2D eigenvalue weighted by molar-refractivity contribution is 5.99. The van der Waals surface area contributed by atoms with Crippen LogP contribution < -0.4 is 5.32 Å². The molecule has 0 aromatic carbocycles. The quantitative estimate of drug-likeness (QED) is 0.601. The van der Waals surface area contributed by atoms with Gasteiger partial charge in [-0.05, 0) is 31.0 Å². The molecule has 0 spiro atoms. The number of anilines is 1. The van der Waals surface area contributed by atoms with E-state index in [9.17, 15) is 9.18 Å². The Morgan fingerprint density at radius 3 is 2.89 bits per heavy atom. The molecule has 8 heteroatoms. The summed E-state index contributed by atoms with van der Waals surface area (Å²) in [4.78, 5) is 20.8. The van der Waals surface area contributed by atoms with Crippen molar-refractivity contribution in [3.05, 3.63) is 47.7 Å². The minimum atomic E-state index is -0.699. The lowest BCUT2D eigenvalue weighted by Gasteiger charge is -2.12. The second-order valence-corrected chi connectivity index (χ2v) is 6.69. The first-order valence-corrected chi connectivity index (χ1v) is 8.94. The van der Waals surface area contributed by atoms with Crippen molar-refractivity contribution in [1.82, 2.24) is 20.2 Å². The van der Waals surface area contributed by atoms with E-state index in [1.807, 2.05) is 0 Å². The molecule has 1 aliphatic rings. The predicted octanol–water partition coefficient (Wildman–Crippen LogP) is 3.40. The van der Waals surface area contributed by atoms with Crippen molar-refractivity contribution >= 4 is 29.0 Å². The van der Waals surface area contributed by atoms with Gasteiger partial charge in [-0.15, -0.1) is 0 Å². The second kappa shape index (κ2) is 7.22. The van der Waals surface area contributed by atoms with Crippen molar-refractivity contribution in [2.45, 2.75) is 31.6 Å². The average molecular weight is 366 g/mol. The van der Waals surface area contributed by atoms with Crippen molar-refractivity contribution in [1.29, 1.82) is 5.41 Å². The van der Waals surface area contributed by atoms with Gasteiger partial charge in [0.1, 0.15) is 5.82 Å². The van der Waals surface area contributed by atoms with Crippen molar-refractivity contribution in [3.8, 4) is 0 Å². The molecule has 27 heavy (non-hydrogen) atoms. The van der Waals surface area contributed by atoms with Crippen LogP contribution in [-0.2, 0) is 4.79 Å². The molecule has 0 bridgehead atoms. The summed E-state index contributed by atoms with van der Waals surface area (Å²) in [5.74, 6) is -1.09. The lowest BCUT2D eigenvalue weighted by Crippen LogP contribution is -2.20. The van der Waals surface area contributed by atoms with Gasteiger partial charge in [0.05, 0.1) is 22.7 Å². The van der Waals surface area contributed by atoms with E-state index in [1.165, 1.54) is 6.07 Å². The number of carbonyl (C=O) groups excluding carboxylic acids is 1. The SMILES string of the molecule is N=CC(c1ccccn1)c1nc2[nH]nc(NC(=O)C3CCCC3)c2cc1F. The van der Waals surface area contributed by atoms with E-state index >= 15 is 0 Å². The first kappa shape index (κ1) is 17.3. The molecule has 0 aliphatic heterocycles. The van der Waals surface area contributed by atoms with Gasteiger partial charge in [-0.2, -0.15) is 5.10 Å². The van der Waals surface area contributed by atoms with E-state index in [4.69, 9.17) is 5.41 Å². The summed E-state index contributed by atoms with van der Waals surface area (Å²) >= 11 is 0. The molecule has 1 atom stereocenters. The number of fused-ring (bicyclic) bond motifs is 1. The largest absolute Gasteiger partial charge is 0.312 e. The lowest BCUT2D eigenvalue weighted by atomic mass is 10.0. The molecule has 3 N–H and O–H groups in total. The highest BCUT2D eigenvalue weighted by Gasteiger charge is 2.25. The Hall–Kier alpha value is -3.16. The molecular weight excluding hydrogens is 347 g/mol. The monoisotopic (exact) mass is 366 g/mol. The van der Waals surface area contributed by atoms with Crippen LogP contribution in [0.1, 0.15) is 43.0 Å². The van der Waals surface area contributed by atoms with Crippen LogP contribution in [0.4, 0.5) is 10.2 Å². The van der Waals surface area contributed by atoms with E-state index in [1.54, 1.807) is 24.4 Å². The molecule has 3 heterocycles. The third-order valence-electron chi connectivity index (χ3n) is 4.97. The van der Waals surface area contributed by atoms with Crippen LogP contribution in [0.15, 0.2) is 30.5 Å². The van der Waals surface area contributed by atoms with Gasteiger partial charge in [0.15, 0.2) is 11.5 Å². The summed E-state index contributed by atoms with van der Waals surface area (Å²) in [6.45, 7) is 0. The number of nitrogens with zero attached hydrogens (tertiary/aromatic N) is 3. The fourth-order valence-electron chi connectivity index (χ4n) is 3.52. The highest BCUT2D eigenvalue weighted by Crippen LogP contribution is 2.29. The summed E-state index contributed by atoms with van der Waals surface area (Å²) in [5.41, 5.74) is 0.983. The van der Waals surface area contributed by atoms with Gasteiger partial charge >= 0.3 is 0 Å². The molecule has 7 nitrogen and oxygen atoms in total. The number of hydrogen-bond donors (Lipinski definition) is 3. The molecule has 0 saturated heterocycles. The molecule has 1 amide bonds. The maximum absolute atomic E-state index is 14.8. The Labute approximate surface area is 154 Å². The number of aromatic amines is 1. The van der Waals surface area contributed by atoms with Crippen LogP contribution in [-0.4, -0.2) is 32.3 Å². The Morgan fingerprint density at radius 2 is 2.19 bits per heavy atom. The summed E-state index contributed by atoms with van der Waals surface area (Å²) < 4.78 is 14.8. The van der Waals surface area contributed by atoms with E-state index in [0.717, 1.165) is 31.9 Å². The predicted molar refractivity (Wildman–Crippen MR) is 99.3 cm³/mol. The number of H-pyrrole nitrogens is 1. The Kier molecular flexibility index (Phi) is 4.62. The average Bonchev–Trinajstić information content (AvgIpc) is 3.34. The van der Waals surface area contributed by atoms with E-state index in [0.29, 0.717) is 16.7 Å². The van der Waals surface area contributed by atoms with Crippen LogP contribution in [0, 0.1) is 17.1 Å². The van der Waals surface area contributed by atoms with Crippen molar-refractivity contribution in [3.63, 3.8) is 0 Å². The van der Waals surface area contributed by atoms with E-state index in [-0.39, 0.29) is 23.3 Å². The molecule has 1 aliphatic carbocycles. The second-order valence-electron chi connectivity index (χ2n) is 6.69. The number of aromatic nitrogens is 4. The van der Waals surface area contributed by atoms with Gasteiger partial charge < -0.3 is 10.7 Å². The molecule has 1 saturated carbocycles. The standard InChI is InChI=1S/C19H19FN6O/c20-14-9-12-17(23-16(14)13(10-21)15-7-3-4-8-22-15)25-26-18(12)24-19(27)11-5-1-2-6-11/h3-4,7-11,13,21H,1-2,5-6H2,(H2,23,24,25,26,27).